The van der Waals surface area contributed by atoms with Crippen LogP contribution in [0.5, 0.6) is 5.75 Å². The number of aryl methyl sites for hydroxylation is 1. The first-order valence-corrected chi connectivity index (χ1v) is 8.47. The zero-order chi connectivity index (χ0) is 16.5. The number of hydrogen-bond acceptors (Lipinski definition) is 4. The maximum atomic E-state index is 13.0. The number of para-hydroxylation sites is 1. The van der Waals surface area contributed by atoms with Gasteiger partial charge in [0.25, 0.3) is 0 Å². The van der Waals surface area contributed by atoms with Crippen molar-refractivity contribution in [1.82, 2.24) is 14.5 Å². The Balaban J connectivity index is 1.45. The molecule has 1 saturated heterocycles. The van der Waals surface area contributed by atoms with Crippen LogP contribution in [0, 0.1) is 0 Å². The van der Waals surface area contributed by atoms with Crippen molar-refractivity contribution in [3.63, 3.8) is 0 Å². The zero-order valence-electron chi connectivity index (χ0n) is 13.9. The van der Waals surface area contributed by atoms with Gasteiger partial charge in [0.05, 0.1) is 12.5 Å². The fourth-order valence-corrected chi connectivity index (χ4v) is 3.61. The molecule has 6 nitrogen and oxygen atoms in total. The third-order valence-electron chi connectivity index (χ3n) is 4.93. The van der Waals surface area contributed by atoms with E-state index >= 15 is 0 Å². The molecular weight excluding hydrogens is 304 g/mol. The van der Waals surface area contributed by atoms with Crippen LogP contribution in [0.2, 0.25) is 0 Å². The molecule has 0 bridgehead atoms. The summed E-state index contributed by atoms with van der Waals surface area (Å²) in [6.45, 7) is 3.74. The average molecular weight is 326 g/mol. The second-order valence-corrected chi connectivity index (χ2v) is 6.38. The minimum atomic E-state index is -0.0744. The van der Waals surface area contributed by atoms with Crippen LogP contribution < -0.4 is 9.64 Å². The molecule has 2 aromatic rings. The molecule has 0 saturated carbocycles. The molecule has 0 radical (unpaired) electrons. The standard InChI is InChI=1S/C18H22N4O2/c1-20-8-7-19-18(20)22-11-9-21(10-12-22)17(23)15-6-13-24-16-5-3-2-4-14(15)16/h2-5,7-8,15H,6,9-13H2,1H3/t15-/m0/s1. The number of nitrogens with zero attached hydrogens (tertiary/aromatic N) is 4. The van der Waals surface area contributed by atoms with Crippen molar-refractivity contribution < 1.29 is 9.53 Å². The second kappa shape index (κ2) is 6.19. The number of fused-ring (bicyclic) bond motifs is 1. The summed E-state index contributed by atoms with van der Waals surface area (Å²) >= 11 is 0. The van der Waals surface area contributed by atoms with Gasteiger partial charge in [-0.2, -0.15) is 0 Å². The van der Waals surface area contributed by atoms with Gasteiger partial charge < -0.3 is 19.1 Å². The number of piperazine rings is 1. The van der Waals surface area contributed by atoms with Gasteiger partial charge in [0.2, 0.25) is 11.9 Å². The molecule has 1 fully saturated rings. The molecule has 2 aliphatic heterocycles. The highest BCUT2D eigenvalue weighted by atomic mass is 16.5. The largest absolute Gasteiger partial charge is 0.493 e. The average Bonchev–Trinajstić information content (AvgIpc) is 3.07. The van der Waals surface area contributed by atoms with E-state index < -0.39 is 0 Å². The van der Waals surface area contributed by atoms with Crippen molar-refractivity contribution in [2.24, 2.45) is 7.05 Å². The fourth-order valence-electron chi connectivity index (χ4n) is 3.61. The van der Waals surface area contributed by atoms with E-state index in [4.69, 9.17) is 4.74 Å². The minimum Gasteiger partial charge on any atom is -0.493 e. The minimum absolute atomic E-state index is 0.0744. The summed E-state index contributed by atoms with van der Waals surface area (Å²) in [7, 11) is 2.00. The number of ether oxygens (including phenoxy) is 1. The lowest BCUT2D eigenvalue weighted by molar-refractivity contribution is -0.133. The number of imidazole rings is 1. The summed E-state index contributed by atoms with van der Waals surface area (Å²) in [5.74, 6) is 1.98. The predicted octanol–water partition coefficient (Wildman–Crippen LogP) is 1.64. The molecular formula is C18H22N4O2. The quantitative estimate of drug-likeness (QED) is 0.842. The predicted molar refractivity (Wildman–Crippen MR) is 91.3 cm³/mol. The molecule has 1 amide bonds. The van der Waals surface area contributed by atoms with Gasteiger partial charge >= 0.3 is 0 Å². The molecule has 0 aliphatic carbocycles. The Bertz CT molecular complexity index is 734. The van der Waals surface area contributed by atoms with E-state index in [1.165, 1.54) is 0 Å². The van der Waals surface area contributed by atoms with Crippen LogP contribution in [0.25, 0.3) is 0 Å². The van der Waals surface area contributed by atoms with Crippen molar-refractivity contribution >= 4 is 11.9 Å². The Morgan fingerprint density at radius 1 is 1.21 bits per heavy atom. The number of rotatable bonds is 2. The van der Waals surface area contributed by atoms with E-state index in [1.807, 2.05) is 53.2 Å². The van der Waals surface area contributed by atoms with Crippen LogP contribution in [-0.2, 0) is 11.8 Å². The highest BCUT2D eigenvalue weighted by molar-refractivity contribution is 5.85. The maximum absolute atomic E-state index is 13.0. The van der Waals surface area contributed by atoms with Crippen molar-refractivity contribution in [1.29, 1.82) is 0 Å². The van der Waals surface area contributed by atoms with E-state index in [2.05, 4.69) is 9.88 Å². The first kappa shape index (κ1) is 15.1. The van der Waals surface area contributed by atoms with E-state index in [0.717, 1.165) is 49.9 Å². The smallest absolute Gasteiger partial charge is 0.230 e. The highest BCUT2D eigenvalue weighted by Crippen LogP contribution is 2.34. The van der Waals surface area contributed by atoms with Gasteiger partial charge in [0, 0.05) is 51.2 Å². The zero-order valence-corrected chi connectivity index (χ0v) is 13.9. The van der Waals surface area contributed by atoms with Crippen molar-refractivity contribution in [3.8, 4) is 5.75 Å². The fraction of sp³-hybridized carbons (Fsp3) is 0.444. The maximum Gasteiger partial charge on any atom is 0.230 e. The van der Waals surface area contributed by atoms with Crippen molar-refractivity contribution in [2.75, 3.05) is 37.7 Å². The molecule has 1 atom stereocenters. The lowest BCUT2D eigenvalue weighted by Gasteiger charge is -2.37. The number of carbonyl (C=O) groups excluding carboxylic acids is 1. The summed E-state index contributed by atoms with van der Waals surface area (Å²) < 4.78 is 7.70. The van der Waals surface area contributed by atoms with Gasteiger partial charge in [0.15, 0.2) is 0 Å². The van der Waals surface area contributed by atoms with Crippen molar-refractivity contribution in [2.45, 2.75) is 12.3 Å². The molecule has 0 spiro atoms. The third-order valence-corrected chi connectivity index (χ3v) is 4.93. The summed E-state index contributed by atoms with van der Waals surface area (Å²) in [4.78, 5) is 21.6. The summed E-state index contributed by atoms with van der Waals surface area (Å²) in [5.41, 5.74) is 1.03. The van der Waals surface area contributed by atoms with Crippen LogP contribution >= 0.6 is 0 Å². The molecule has 1 aromatic carbocycles. The topological polar surface area (TPSA) is 50.6 Å². The van der Waals surface area contributed by atoms with Gasteiger partial charge in [-0.15, -0.1) is 0 Å². The van der Waals surface area contributed by atoms with E-state index in [-0.39, 0.29) is 11.8 Å². The van der Waals surface area contributed by atoms with Crippen LogP contribution in [0.15, 0.2) is 36.7 Å². The van der Waals surface area contributed by atoms with Crippen molar-refractivity contribution in [3.05, 3.63) is 42.2 Å². The molecule has 6 heteroatoms. The molecule has 24 heavy (non-hydrogen) atoms. The SMILES string of the molecule is Cn1ccnc1N1CCN(C(=O)[C@H]2CCOc3ccccc32)CC1. The molecule has 0 unspecified atom stereocenters. The van der Waals surface area contributed by atoms with Gasteiger partial charge in [0.1, 0.15) is 5.75 Å². The summed E-state index contributed by atoms with van der Waals surface area (Å²) in [5, 5.41) is 0. The number of anilines is 1. The Morgan fingerprint density at radius 2 is 2.00 bits per heavy atom. The van der Waals surface area contributed by atoms with Gasteiger partial charge in [-0.05, 0) is 12.5 Å². The number of benzene rings is 1. The lowest BCUT2D eigenvalue weighted by atomic mass is 9.91. The van der Waals surface area contributed by atoms with E-state index in [9.17, 15) is 4.79 Å². The van der Waals surface area contributed by atoms with Gasteiger partial charge in [-0.3, -0.25) is 4.79 Å². The number of carbonyl (C=O) groups is 1. The Hall–Kier alpha value is -2.50. The lowest BCUT2D eigenvalue weighted by Crippen LogP contribution is -2.51. The van der Waals surface area contributed by atoms with E-state index in [1.54, 1.807) is 0 Å². The molecule has 1 aromatic heterocycles. The molecule has 2 aliphatic rings. The third kappa shape index (κ3) is 2.62. The van der Waals surface area contributed by atoms with E-state index in [0.29, 0.717) is 6.61 Å². The number of hydrogen-bond donors (Lipinski definition) is 0. The highest BCUT2D eigenvalue weighted by Gasteiger charge is 2.32. The second-order valence-electron chi connectivity index (χ2n) is 6.38. The summed E-state index contributed by atoms with van der Waals surface area (Å²) in [6, 6.07) is 7.90. The number of amides is 1. The molecule has 126 valence electrons. The monoisotopic (exact) mass is 326 g/mol. The normalized spacial score (nSPS) is 20.5. The Kier molecular flexibility index (Phi) is 3.88. The van der Waals surface area contributed by atoms with Crippen LogP contribution in [0.3, 0.4) is 0 Å². The van der Waals surface area contributed by atoms with Crippen LogP contribution in [0.4, 0.5) is 5.95 Å². The molecule has 3 heterocycles. The van der Waals surface area contributed by atoms with Gasteiger partial charge in [-0.25, -0.2) is 4.98 Å². The Labute approximate surface area is 141 Å². The summed E-state index contributed by atoms with van der Waals surface area (Å²) in [6.07, 6.45) is 4.52. The van der Waals surface area contributed by atoms with Crippen LogP contribution in [-0.4, -0.2) is 53.1 Å². The van der Waals surface area contributed by atoms with Crippen LogP contribution in [0.1, 0.15) is 17.9 Å². The molecule has 4 rings (SSSR count). The number of aromatic nitrogens is 2. The Morgan fingerprint density at radius 3 is 2.75 bits per heavy atom. The first-order chi connectivity index (χ1) is 11.7. The van der Waals surface area contributed by atoms with Gasteiger partial charge in [-0.1, -0.05) is 18.2 Å². The molecule has 0 N–H and O–H groups in total. The first-order valence-electron chi connectivity index (χ1n) is 8.47.